The molecule has 1 aliphatic rings. The molecule has 1 aliphatic heterocycles. The van der Waals surface area contributed by atoms with Crippen molar-refractivity contribution >= 4 is 21.7 Å². The standard InChI is InChI=1S/C22H31N5O2S/c1-3-24-22(25-16-18-9-11-21(12-10-18)30(23,28)29)26-17(2)19-7-6-8-20(15-19)27-13-4-5-14-27/h6-12,15,17H,3-5,13-14,16H2,1-2H3,(H2,23,28,29)(H2,24,25,26). The summed E-state index contributed by atoms with van der Waals surface area (Å²) < 4.78 is 22.8. The van der Waals surface area contributed by atoms with Gasteiger partial charge in [0, 0.05) is 25.3 Å². The molecule has 1 atom stereocenters. The Kier molecular flexibility index (Phi) is 7.33. The van der Waals surface area contributed by atoms with E-state index in [1.165, 1.54) is 36.2 Å². The third-order valence-corrected chi connectivity index (χ3v) is 6.14. The molecule has 1 saturated heterocycles. The van der Waals surface area contributed by atoms with Crippen LogP contribution in [-0.4, -0.2) is 34.0 Å². The number of benzene rings is 2. The molecule has 2 aromatic carbocycles. The lowest BCUT2D eigenvalue weighted by Gasteiger charge is -2.22. The van der Waals surface area contributed by atoms with Gasteiger partial charge in [0.25, 0.3) is 0 Å². The highest BCUT2D eigenvalue weighted by Gasteiger charge is 2.14. The normalized spacial score (nSPS) is 15.8. The minimum absolute atomic E-state index is 0.0927. The van der Waals surface area contributed by atoms with E-state index in [0.717, 1.165) is 25.2 Å². The molecule has 0 amide bonds. The number of guanidine groups is 1. The van der Waals surface area contributed by atoms with Gasteiger partial charge in [-0.2, -0.15) is 0 Å². The summed E-state index contributed by atoms with van der Waals surface area (Å²) in [6.45, 7) is 7.57. The van der Waals surface area contributed by atoms with E-state index in [4.69, 9.17) is 5.14 Å². The van der Waals surface area contributed by atoms with E-state index in [0.29, 0.717) is 12.5 Å². The molecule has 0 aliphatic carbocycles. The van der Waals surface area contributed by atoms with Crippen molar-refractivity contribution in [1.82, 2.24) is 10.6 Å². The van der Waals surface area contributed by atoms with Crippen molar-refractivity contribution in [3.8, 4) is 0 Å². The maximum absolute atomic E-state index is 11.4. The van der Waals surface area contributed by atoms with Crippen molar-refractivity contribution in [3.63, 3.8) is 0 Å². The summed E-state index contributed by atoms with van der Waals surface area (Å²) in [6, 6.07) is 15.2. The molecule has 4 N–H and O–H groups in total. The van der Waals surface area contributed by atoms with Crippen LogP contribution in [0.5, 0.6) is 0 Å². The van der Waals surface area contributed by atoms with E-state index in [1.54, 1.807) is 12.1 Å². The van der Waals surface area contributed by atoms with Crippen LogP contribution in [0.3, 0.4) is 0 Å². The van der Waals surface area contributed by atoms with Gasteiger partial charge < -0.3 is 15.5 Å². The largest absolute Gasteiger partial charge is 0.372 e. The Morgan fingerprint density at radius 3 is 2.50 bits per heavy atom. The number of rotatable bonds is 7. The lowest BCUT2D eigenvalue weighted by atomic mass is 10.1. The molecular weight excluding hydrogens is 398 g/mol. The van der Waals surface area contributed by atoms with E-state index in [-0.39, 0.29) is 10.9 Å². The Hall–Kier alpha value is -2.58. The Morgan fingerprint density at radius 2 is 1.87 bits per heavy atom. The van der Waals surface area contributed by atoms with E-state index in [9.17, 15) is 8.42 Å². The zero-order valence-electron chi connectivity index (χ0n) is 17.6. The summed E-state index contributed by atoms with van der Waals surface area (Å²) >= 11 is 0. The first-order valence-corrected chi connectivity index (χ1v) is 11.9. The number of aliphatic imine (C=N–C) groups is 1. The number of hydrogen-bond acceptors (Lipinski definition) is 4. The second-order valence-electron chi connectivity index (χ2n) is 7.54. The summed E-state index contributed by atoms with van der Waals surface area (Å²) in [5.41, 5.74) is 3.39. The molecule has 1 unspecified atom stereocenters. The Bertz CT molecular complexity index is 967. The van der Waals surface area contributed by atoms with Crippen molar-refractivity contribution in [1.29, 1.82) is 0 Å². The third kappa shape index (κ3) is 5.96. The van der Waals surface area contributed by atoms with Gasteiger partial charge in [0.05, 0.1) is 17.5 Å². The van der Waals surface area contributed by atoms with Gasteiger partial charge >= 0.3 is 0 Å². The SMILES string of the molecule is CCNC(=NCc1ccc(S(N)(=O)=O)cc1)NC(C)c1cccc(N2CCCC2)c1. The molecule has 162 valence electrons. The van der Waals surface area contributed by atoms with Crippen molar-refractivity contribution in [2.45, 2.75) is 44.2 Å². The summed E-state index contributed by atoms with van der Waals surface area (Å²) in [6.07, 6.45) is 2.51. The number of nitrogens with zero attached hydrogens (tertiary/aromatic N) is 2. The first-order valence-electron chi connectivity index (χ1n) is 10.4. The van der Waals surface area contributed by atoms with Gasteiger partial charge in [-0.25, -0.2) is 18.5 Å². The van der Waals surface area contributed by atoms with Gasteiger partial charge in [-0.1, -0.05) is 24.3 Å². The summed E-state index contributed by atoms with van der Waals surface area (Å²) in [5.74, 6) is 0.715. The van der Waals surface area contributed by atoms with Gasteiger partial charge in [0.15, 0.2) is 5.96 Å². The number of nitrogens with one attached hydrogen (secondary N) is 2. The van der Waals surface area contributed by atoms with E-state index in [1.807, 2.05) is 6.92 Å². The predicted molar refractivity (Wildman–Crippen MR) is 122 cm³/mol. The summed E-state index contributed by atoms with van der Waals surface area (Å²) in [5, 5.41) is 11.9. The number of hydrogen-bond donors (Lipinski definition) is 3. The minimum Gasteiger partial charge on any atom is -0.372 e. The molecule has 0 bridgehead atoms. The molecular formula is C22H31N5O2S. The second-order valence-corrected chi connectivity index (χ2v) is 9.10. The van der Waals surface area contributed by atoms with Gasteiger partial charge in [-0.15, -0.1) is 0 Å². The van der Waals surface area contributed by atoms with Crippen molar-refractivity contribution in [2.75, 3.05) is 24.5 Å². The zero-order chi connectivity index (χ0) is 21.6. The molecule has 1 heterocycles. The highest BCUT2D eigenvalue weighted by molar-refractivity contribution is 7.89. The quantitative estimate of drug-likeness (QED) is 0.464. The third-order valence-electron chi connectivity index (χ3n) is 5.21. The fourth-order valence-electron chi connectivity index (χ4n) is 3.53. The van der Waals surface area contributed by atoms with Gasteiger partial charge in [0.1, 0.15) is 0 Å². The van der Waals surface area contributed by atoms with Crippen LogP contribution in [0.4, 0.5) is 5.69 Å². The van der Waals surface area contributed by atoms with Crippen LogP contribution in [-0.2, 0) is 16.6 Å². The number of nitrogens with two attached hydrogens (primary N) is 1. The number of primary sulfonamides is 1. The van der Waals surface area contributed by atoms with Crippen LogP contribution in [0.2, 0.25) is 0 Å². The molecule has 7 nitrogen and oxygen atoms in total. The van der Waals surface area contributed by atoms with Crippen LogP contribution in [0.15, 0.2) is 58.4 Å². The molecule has 0 saturated carbocycles. The zero-order valence-corrected chi connectivity index (χ0v) is 18.5. The summed E-state index contributed by atoms with van der Waals surface area (Å²) in [7, 11) is -3.68. The number of anilines is 1. The molecule has 0 radical (unpaired) electrons. The highest BCUT2D eigenvalue weighted by atomic mass is 32.2. The Labute approximate surface area is 179 Å². The lowest BCUT2D eigenvalue weighted by molar-refractivity contribution is 0.597. The molecule has 0 spiro atoms. The molecule has 30 heavy (non-hydrogen) atoms. The van der Waals surface area contributed by atoms with Crippen LogP contribution in [0.25, 0.3) is 0 Å². The summed E-state index contributed by atoms with van der Waals surface area (Å²) in [4.78, 5) is 7.18. The molecule has 0 aromatic heterocycles. The topological polar surface area (TPSA) is 99.8 Å². The first kappa shape index (κ1) is 22.1. The average molecular weight is 430 g/mol. The Morgan fingerprint density at radius 1 is 1.17 bits per heavy atom. The highest BCUT2D eigenvalue weighted by Crippen LogP contribution is 2.24. The first-order chi connectivity index (χ1) is 14.4. The maximum atomic E-state index is 11.4. The van der Waals surface area contributed by atoms with Crippen molar-refractivity contribution in [2.24, 2.45) is 10.1 Å². The van der Waals surface area contributed by atoms with Gasteiger partial charge in [-0.3, -0.25) is 0 Å². The fraction of sp³-hybridized carbons (Fsp3) is 0.409. The maximum Gasteiger partial charge on any atom is 0.238 e. The van der Waals surface area contributed by atoms with E-state index in [2.05, 4.69) is 51.7 Å². The molecule has 8 heteroatoms. The van der Waals surface area contributed by atoms with Crippen LogP contribution in [0, 0.1) is 0 Å². The van der Waals surface area contributed by atoms with E-state index < -0.39 is 10.0 Å². The average Bonchev–Trinajstić information content (AvgIpc) is 3.27. The fourth-order valence-corrected chi connectivity index (χ4v) is 4.04. The van der Waals surface area contributed by atoms with Crippen LogP contribution < -0.4 is 20.7 Å². The van der Waals surface area contributed by atoms with Crippen molar-refractivity contribution < 1.29 is 8.42 Å². The monoisotopic (exact) mass is 429 g/mol. The Balaban J connectivity index is 1.68. The molecule has 2 aromatic rings. The number of sulfonamides is 1. The van der Waals surface area contributed by atoms with Crippen LogP contribution >= 0.6 is 0 Å². The smallest absolute Gasteiger partial charge is 0.238 e. The second kappa shape index (κ2) is 9.95. The van der Waals surface area contributed by atoms with E-state index >= 15 is 0 Å². The molecule has 3 rings (SSSR count). The molecule has 1 fully saturated rings. The predicted octanol–water partition coefficient (Wildman–Crippen LogP) is 2.75. The minimum atomic E-state index is -3.68. The van der Waals surface area contributed by atoms with Gasteiger partial charge in [-0.05, 0) is 62.1 Å². The van der Waals surface area contributed by atoms with Gasteiger partial charge in [0.2, 0.25) is 10.0 Å². The van der Waals surface area contributed by atoms with Crippen LogP contribution in [0.1, 0.15) is 43.9 Å². The van der Waals surface area contributed by atoms with Crippen molar-refractivity contribution in [3.05, 3.63) is 59.7 Å². The lowest BCUT2D eigenvalue weighted by Crippen LogP contribution is -2.38.